The van der Waals surface area contributed by atoms with E-state index >= 15 is 0 Å². The van der Waals surface area contributed by atoms with E-state index in [-0.39, 0.29) is 0 Å². The quantitative estimate of drug-likeness (QED) is 0.621. The van der Waals surface area contributed by atoms with Gasteiger partial charge in [0.15, 0.2) is 0 Å². The summed E-state index contributed by atoms with van der Waals surface area (Å²) in [6.45, 7) is 1.07. The van der Waals surface area contributed by atoms with E-state index in [1.54, 1.807) is 25.4 Å². The monoisotopic (exact) mass is 338 g/mol. The normalized spacial score (nSPS) is 10.1. The molecule has 0 radical (unpaired) electrons. The minimum absolute atomic E-state index is 0.488. The second-order valence-electron chi connectivity index (χ2n) is 3.90. The molecular weight excluding hydrogens is 324 g/mol. The molecule has 0 unspecified atom stereocenters. The van der Waals surface area contributed by atoms with Crippen molar-refractivity contribution < 1.29 is 9.47 Å². The van der Waals surface area contributed by atoms with Crippen molar-refractivity contribution in [3.63, 3.8) is 0 Å². The molecule has 0 saturated heterocycles. The Morgan fingerprint density at radius 1 is 1.30 bits per heavy atom. The Labute approximate surface area is 125 Å². The summed E-state index contributed by atoms with van der Waals surface area (Å²) >= 11 is 3.30. The summed E-state index contributed by atoms with van der Waals surface area (Å²) in [5, 5.41) is 3.06. The summed E-state index contributed by atoms with van der Waals surface area (Å²) in [5.41, 5.74) is 6.31. The third-order valence-electron chi connectivity index (χ3n) is 2.44. The first-order valence-corrected chi connectivity index (χ1v) is 6.77. The molecule has 1 aromatic heterocycles. The van der Waals surface area contributed by atoms with Crippen LogP contribution in [0.1, 0.15) is 0 Å². The van der Waals surface area contributed by atoms with Crippen molar-refractivity contribution in [2.24, 2.45) is 0 Å². The van der Waals surface area contributed by atoms with Crippen LogP contribution in [-0.2, 0) is 0 Å². The molecule has 6 nitrogen and oxygen atoms in total. The predicted octanol–water partition coefficient (Wildman–Crippen LogP) is 2.32. The highest BCUT2D eigenvalue weighted by atomic mass is 79.9. The first-order valence-electron chi connectivity index (χ1n) is 5.98. The first kappa shape index (κ1) is 14.4. The molecule has 106 valence electrons. The Morgan fingerprint density at radius 3 is 2.75 bits per heavy atom. The minimum atomic E-state index is 0.488. The third kappa shape index (κ3) is 3.99. The fourth-order valence-corrected chi connectivity index (χ4v) is 1.83. The largest absolute Gasteiger partial charge is 0.492 e. The maximum absolute atomic E-state index is 5.60. The number of nitrogens with two attached hydrogens (primary N) is 1. The zero-order chi connectivity index (χ0) is 14.4. The lowest BCUT2D eigenvalue weighted by molar-refractivity contribution is 0.332. The number of aromatic nitrogens is 2. The second-order valence-corrected chi connectivity index (χ2v) is 4.75. The van der Waals surface area contributed by atoms with Crippen molar-refractivity contribution in [1.29, 1.82) is 0 Å². The standard InChI is InChI=1S/C13H15BrN4O2/c1-19-12-11(14)8-17-13(18-12)16-6-7-20-10-4-2-9(15)3-5-10/h2-5,8H,6-7,15H2,1H3,(H,16,17,18). The summed E-state index contributed by atoms with van der Waals surface area (Å²) in [6, 6.07) is 7.25. The molecule has 7 heteroatoms. The number of ether oxygens (including phenoxy) is 2. The highest BCUT2D eigenvalue weighted by molar-refractivity contribution is 9.10. The van der Waals surface area contributed by atoms with Crippen molar-refractivity contribution in [3.05, 3.63) is 34.9 Å². The fraction of sp³-hybridized carbons (Fsp3) is 0.231. The van der Waals surface area contributed by atoms with Gasteiger partial charge in [0.05, 0.1) is 24.3 Å². The van der Waals surface area contributed by atoms with Gasteiger partial charge in [-0.3, -0.25) is 0 Å². The topological polar surface area (TPSA) is 82.3 Å². The molecule has 0 fully saturated rings. The van der Waals surface area contributed by atoms with Crippen molar-refractivity contribution in [3.8, 4) is 11.6 Å². The van der Waals surface area contributed by atoms with Crippen LogP contribution in [0.5, 0.6) is 11.6 Å². The van der Waals surface area contributed by atoms with Gasteiger partial charge < -0.3 is 20.5 Å². The van der Waals surface area contributed by atoms with Crippen LogP contribution in [0, 0.1) is 0 Å². The Kier molecular flexibility index (Phi) is 5.00. The van der Waals surface area contributed by atoms with Crippen molar-refractivity contribution in [1.82, 2.24) is 9.97 Å². The van der Waals surface area contributed by atoms with Gasteiger partial charge in [-0.1, -0.05) is 0 Å². The fourth-order valence-electron chi connectivity index (χ4n) is 1.48. The number of hydrogen-bond donors (Lipinski definition) is 2. The molecule has 0 aliphatic rings. The molecule has 0 saturated carbocycles. The molecule has 1 heterocycles. The van der Waals surface area contributed by atoms with E-state index in [0.29, 0.717) is 35.1 Å². The van der Waals surface area contributed by atoms with E-state index in [4.69, 9.17) is 15.2 Å². The van der Waals surface area contributed by atoms with Crippen LogP contribution in [0.3, 0.4) is 0 Å². The van der Waals surface area contributed by atoms with Gasteiger partial charge in [0, 0.05) is 5.69 Å². The molecule has 20 heavy (non-hydrogen) atoms. The summed E-state index contributed by atoms with van der Waals surface area (Å²) in [5.74, 6) is 1.75. The third-order valence-corrected chi connectivity index (χ3v) is 2.98. The van der Waals surface area contributed by atoms with E-state index in [9.17, 15) is 0 Å². The average Bonchev–Trinajstić information content (AvgIpc) is 2.47. The van der Waals surface area contributed by atoms with Crippen LogP contribution in [0.15, 0.2) is 34.9 Å². The van der Waals surface area contributed by atoms with Gasteiger partial charge >= 0.3 is 0 Å². The Balaban J connectivity index is 1.79. The Morgan fingerprint density at radius 2 is 2.05 bits per heavy atom. The minimum Gasteiger partial charge on any atom is -0.492 e. The number of methoxy groups -OCH3 is 1. The number of nitrogens with zero attached hydrogens (tertiary/aromatic N) is 2. The van der Waals surface area contributed by atoms with E-state index < -0.39 is 0 Å². The molecule has 0 aliphatic carbocycles. The van der Waals surface area contributed by atoms with Crippen LogP contribution < -0.4 is 20.5 Å². The van der Waals surface area contributed by atoms with E-state index in [0.717, 1.165) is 5.75 Å². The lowest BCUT2D eigenvalue weighted by Gasteiger charge is -2.09. The second kappa shape index (κ2) is 6.95. The molecule has 3 N–H and O–H groups in total. The van der Waals surface area contributed by atoms with Crippen LogP contribution in [0.25, 0.3) is 0 Å². The molecule has 0 spiro atoms. The molecule has 0 bridgehead atoms. The smallest absolute Gasteiger partial charge is 0.232 e. The van der Waals surface area contributed by atoms with Crippen molar-refractivity contribution >= 4 is 27.6 Å². The Bertz CT molecular complexity index is 563. The maximum atomic E-state index is 5.60. The number of anilines is 2. The molecule has 0 atom stereocenters. The van der Waals surface area contributed by atoms with Gasteiger partial charge in [0.1, 0.15) is 12.4 Å². The van der Waals surface area contributed by atoms with Crippen molar-refractivity contribution in [2.75, 3.05) is 31.3 Å². The number of halogens is 1. The van der Waals surface area contributed by atoms with E-state index in [2.05, 4.69) is 31.2 Å². The van der Waals surface area contributed by atoms with Gasteiger partial charge in [-0.25, -0.2) is 4.98 Å². The van der Waals surface area contributed by atoms with Gasteiger partial charge in [-0.05, 0) is 40.2 Å². The lowest BCUT2D eigenvalue weighted by Crippen LogP contribution is -2.13. The SMILES string of the molecule is COc1nc(NCCOc2ccc(N)cc2)ncc1Br. The van der Waals surface area contributed by atoms with Crippen LogP contribution in [-0.4, -0.2) is 30.2 Å². The molecule has 1 aromatic carbocycles. The highest BCUT2D eigenvalue weighted by Gasteiger charge is 2.04. The van der Waals surface area contributed by atoms with Crippen molar-refractivity contribution in [2.45, 2.75) is 0 Å². The zero-order valence-electron chi connectivity index (χ0n) is 11.0. The van der Waals surface area contributed by atoms with E-state index in [1.807, 2.05) is 12.1 Å². The molecule has 0 amide bonds. The van der Waals surface area contributed by atoms with Crippen LogP contribution >= 0.6 is 15.9 Å². The number of nitrogens with one attached hydrogen (secondary N) is 1. The molecule has 2 rings (SSSR count). The van der Waals surface area contributed by atoms with Crippen LogP contribution in [0.2, 0.25) is 0 Å². The van der Waals surface area contributed by atoms with Gasteiger partial charge in [-0.15, -0.1) is 0 Å². The zero-order valence-corrected chi connectivity index (χ0v) is 12.6. The maximum Gasteiger partial charge on any atom is 0.232 e. The van der Waals surface area contributed by atoms with E-state index in [1.165, 1.54) is 0 Å². The summed E-state index contributed by atoms with van der Waals surface area (Å²) in [7, 11) is 1.56. The molecule has 2 aromatic rings. The Hall–Kier alpha value is -2.02. The van der Waals surface area contributed by atoms with Gasteiger partial charge in [-0.2, -0.15) is 4.98 Å². The number of nitrogen functional groups attached to an aromatic ring is 1. The molecule has 0 aliphatic heterocycles. The first-order chi connectivity index (χ1) is 9.69. The van der Waals surface area contributed by atoms with Crippen LogP contribution in [0.4, 0.5) is 11.6 Å². The summed E-state index contributed by atoms with van der Waals surface area (Å²) < 4.78 is 11.4. The number of hydrogen-bond acceptors (Lipinski definition) is 6. The van der Waals surface area contributed by atoms with Gasteiger partial charge in [0.2, 0.25) is 11.8 Å². The number of rotatable bonds is 6. The average molecular weight is 339 g/mol. The number of benzene rings is 1. The highest BCUT2D eigenvalue weighted by Crippen LogP contribution is 2.21. The molecular formula is C13H15BrN4O2. The van der Waals surface area contributed by atoms with Gasteiger partial charge in [0.25, 0.3) is 0 Å². The summed E-state index contributed by atoms with van der Waals surface area (Å²) in [4.78, 5) is 8.31. The predicted molar refractivity (Wildman–Crippen MR) is 81.1 cm³/mol. The summed E-state index contributed by atoms with van der Waals surface area (Å²) in [6.07, 6.45) is 1.63. The lowest BCUT2D eigenvalue weighted by atomic mass is 10.3.